The molecule has 2 spiro atoms. The van der Waals surface area contributed by atoms with E-state index < -0.39 is 22.4 Å². The summed E-state index contributed by atoms with van der Waals surface area (Å²) >= 11 is 6.03. The summed E-state index contributed by atoms with van der Waals surface area (Å²) in [6, 6.07) is 4.62. The number of aryl methyl sites for hydroxylation is 2. The number of carbonyl (C=O) groups is 4. The fourth-order valence-corrected chi connectivity index (χ4v) is 10.1. The number of carbonyl (C=O) groups excluding carboxylic acids is 4. The SMILES string of the molecule is CC(C)(C)OC(=O)N1CC2(CNC(=O)c3c2[nH]c2c3CCc3cnc(Cl)nc3-2)C1.COc1ccc(-c2ncc3c(n2)-c2[nH]c4c(c2CC3)C(=O)NCC42CN(C(=O)OC(C)(C)C)C2)cc1F. The molecule has 17 nitrogen and oxygen atoms in total. The summed E-state index contributed by atoms with van der Waals surface area (Å²) < 4.78 is 30.4. The first-order valence-corrected chi connectivity index (χ1v) is 22.4. The van der Waals surface area contributed by atoms with Crippen molar-refractivity contribution in [1.29, 1.82) is 0 Å². The zero-order chi connectivity index (χ0) is 46.7. The standard InChI is InChI=1S/C27H28FN5O4.C20H22ClN5O3/c1-26(2,3)37-25(35)33-12-27(13-33)11-30-24(34)19-16-7-5-15-10-29-23(32-20(15)21(16)31-22(19)27)14-6-8-18(36-4)17(28)9-14;1-19(2,3)29-18(28)26-8-20(9-26)7-23-16(27)12-11-5-4-10-6-22-17(21)25-13(10)14(11)24-15(12)20/h6,8-10,31H,5,7,11-13H2,1-4H3,(H,30,34);6,24H,4-5,7-9H2,1-3H3,(H,23,27). The van der Waals surface area contributed by atoms with Gasteiger partial charge in [-0.25, -0.2) is 33.9 Å². The molecule has 2 saturated heterocycles. The second-order valence-corrected chi connectivity index (χ2v) is 20.3. The number of H-pyrrole nitrogens is 2. The number of hydrogen-bond acceptors (Lipinski definition) is 11. The van der Waals surface area contributed by atoms with Gasteiger partial charge in [0.2, 0.25) is 5.28 Å². The van der Waals surface area contributed by atoms with Crippen LogP contribution in [0.1, 0.15) is 95.9 Å². The number of nitrogens with zero attached hydrogens (tertiary/aromatic N) is 6. The molecular weight excluding hydrogens is 871 g/mol. The van der Waals surface area contributed by atoms with E-state index in [1.807, 2.05) is 41.5 Å². The number of nitrogens with one attached hydrogen (secondary N) is 4. The zero-order valence-electron chi connectivity index (χ0n) is 37.8. The number of aromatic amines is 2. The summed E-state index contributed by atoms with van der Waals surface area (Å²) in [6.07, 6.45) is 5.68. The molecule has 0 atom stereocenters. The number of halogens is 2. The zero-order valence-corrected chi connectivity index (χ0v) is 38.5. The molecule has 4 N–H and O–H groups in total. The van der Waals surface area contributed by atoms with Gasteiger partial charge in [0.15, 0.2) is 17.4 Å². The Kier molecular flexibility index (Phi) is 10.0. The number of aromatic nitrogens is 6. The first-order chi connectivity index (χ1) is 31.2. The van der Waals surface area contributed by atoms with Gasteiger partial charge in [-0.05, 0) is 119 Å². The van der Waals surface area contributed by atoms with E-state index in [1.54, 1.807) is 34.3 Å². The van der Waals surface area contributed by atoms with Crippen LogP contribution in [0, 0.1) is 5.82 Å². The molecule has 11 rings (SSSR count). The van der Waals surface area contributed by atoms with Crippen molar-refractivity contribution in [3.63, 3.8) is 0 Å². The van der Waals surface area contributed by atoms with Crippen LogP contribution in [0.4, 0.5) is 14.0 Å². The van der Waals surface area contributed by atoms with Crippen LogP contribution in [0.2, 0.25) is 5.28 Å². The molecule has 0 bridgehead atoms. The third kappa shape index (κ3) is 7.29. The van der Waals surface area contributed by atoms with E-state index in [2.05, 4.69) is 35.6 Å². The molecule has 4 aliphatic heterocycles. The summed E-state index contributed by atoms with van der Waals surface area (Å²) in [7, 11) is 1.42. The smallest absolute Gasteiger partial charge is 0.410 e. The van der Waals surface area contributed by atoms with Crippen LogP contribution >= 0.6 is 11.6 Å². The van der Waals surface area contributed by atoms with Crippen molar-refractivity contribution in [2.75, 3.05) is 46.4 Å². The van der Waals surface area contributed by atoms with Gasteiger partial charge in [-0.15, -0.1) is 0 Å². The third-order valence-corrected chi connectivity index (χ3v) is 13.2. The number of likely N-dealkylation sites (tertiary alicyclic amines) is 2. The Morgan fingerprint density at radius 1 is 0.727 bits per heavy atom. The van der Waals surface area contributed by atoms with Gasteiger partial charge in [-0.1, -0.05) is 0 Å². The monoisotopic (exact) mass is 920 g/mol. The number of amides is 4. The number of rotatable bonds is 2. The van der Waals surface area contributed by atoms with Crippen molar-refractivity contribution in [2.45, 2.75) is 89.3 Å². The fraction of sp³-hybridized carbons (Fsp3) is 0.447. The van der Waals surface area contributed by atoms with Crippen LogP contribution in [0.15, 0.2) is 30.6 Å². The Hall–Kier alpha value is -6.56. The summed E-state index contributed by atoms with van der Waals surface area (Å²) in [5, 5.41) is 6.23. The van der Waals surface area contributed by atoms with Crippen molar-refractivity contribution >= 4 is 35.6 Å². The molecule has 19 heteroatoms. The molecular formula is C47H50ClFN10O7. The Bertz CT molecular complexity index is 2890. The van der Waals surface area contributed by atoms with Crippen molar-refractivity contribution in [3.05, 3.63) is 86.5 Å². The Morgan fingerprint density at radius 3 is 1.68 bits per heavy atom. The first-order valence-electron chi connectivity index (χ1n) is 22.0. The Morgan fingerprint density at radius 2 is 1.21 bits per heavy atom. The predicted molar refractivity (Wildman–Crippen MR) is 239 cm³/mol. The third-order valence-electron chi connectivity index (χ3n) is 13.0. The highest BCUT2D eigenvalue weighted by Crippen LogP contribution is 2.46. The van der Waals surface area contributed by atoms with Gasteiger partial charge < -0.3 is 44.6 Å². The maximum absolute atomic E-state index is 14.4. The molecule has 5 aromatic rings. The first kappa shape index (κ1) is 43.3. The molecule has 1 aromatic carbocycles. The molecule has 0 saturated carbocycles. The quantitative estimate of drug-likeness (QED) is 0.149. The molecule has 2 fully saturated rings. The van der Waals surface area contributed by atoms with E-state index in [4.69, 9.17) is 30.8 Å². The molecule has 344 valence electrons. The van der Waals surface area contributed by atoms with Crippen molar-refractivity contribution in [3.8, 4) is 39.9 Å². The lowest BCUT2D eigenvalue weighted by molar-refractivity contribution is -0.0121. The molecule has 66 heavy (non-hydrogen) atoms. The second kappa shape index (κ2) is 15.3. The van der Waals surface area contributed by atoms with E-state index >= 15 is 0 Å². The van der Waals surface area contributed by atoms with E-state index in [1.165, 1.54) is 13.2 Å². The number of fused-ring (bicyclic) bond motifs is 12. The lowest BCUT2D eigenvalue weighted by Crippen LogP contribution is -2.67. The van der Waals surface area contributed by atoms with Gasteiger partial charge in [0.05, 0.1) is 51.8 Å². The highest BCUT2D eigenvalue weighted by Gasteiger charge is 2.55. The second-order valence-electron chi connectivity index (χ2n) is 20.0. The van der Waals surface area contributed by atoms with Crippen LogP contribution in [0.25, 0.3) is 34.2 Å². The van der Waals surface area contributed by atoms with Gasteiger partial charge in [0, 0.05) is 68.6 Å². The fourth-order valence-electron chi connectivity index (χ4n) is 10.0. The van der Waals surface area contributed by atoms with E-state index in [9.17, 15) is 23.6 Å². The maximum Gasteiger partial charge on any atom is 0.410 e. The van der Waals surface area contributed by atoms with Crippen LogP contribution in [0.5, 0.6) is 5.75 Å². The van der Waals surface area contributed by atoms with Crippen molar-refractivity contribution in [2.24, 2.45) is 0 Å². The maximum atomic E-state index is 14.4. The van der Waals surface area contributed by atoms with Crippen molar-refractivity contribution in [1.82, 2.24) is 50.3 Å². The predicted octanol–water partition coefficient (Wildman–Crippen LogP) is 6.07. The van der Waals surface area contributed by atoms with Crippen molar-refractivity contribution < 1.29 is 37.8 Å². The van der Waals surface area contributed by atoms with Gasteiger partial charge >= 0.3 is 12.2 Å². The summed E-state index contributed by atoms with van der Waals surface area (Å²) in [4.78, 5) is 78.9. The summed E-state index contributed by atoms with van der Waals surface area (Å²) in [5.41, 5.74) is 8.67. The normalized spacial score (nSPS) is 18.1. The van der Waals surface area contributed by atoms with Crippen LogP contribution in [-0.2, 0) is 46.0 Å². The minimum atomic E-state index is -0.578. The minimum Gasteiger partial charge on any atom is -0.494 e. The Labute approximate surface area is 384 Å². The van der Waals surface area contributed by atoms with Gasteiger partial charge in [0.1, 0.15) is 11.2 Å². The molecule has 0 unspecified atom stereocenters. The molecule has 2 aliphatic carbocycles. The molecule has 8 heterocycles. The number of ether oxygens (including phenoxy) is 3. The number of hydrogen-bond donors (Lipinski definition) is 4. The highest BCUT2D eigenvalue weighted by molar-refractivity contribution is 6.28. The molecule has 4 aromatic heterocycles. The largest absolute Gasteiger partial charge is 0.494 e. The highest BCUT2D eigenvalue weighted by atomic mass is 35.5. The lowest BCUT2D eigenvalue weighted by Gasteiger charge is -2.51. The summed E-state index contributed by atoms with van der Waals surface area (Å²) in [6.45, 7) is 13.9. The average Bonchev–Trinajstić information content (AvgIpc) is 3.83. The topological polar surface area (TPSA) is 210 Å². The van der Waals surface area contributed by atoms with Gasteiger partial charge in [-0.2, -0.15) is 0 Å². The van der Waals surface area contributed by atoms with Crippen LogP contribution in [0.3, 0.4) is 0 Å². The number of methoxy groups -OCH3 is 1. The van der Waals surface area contributed by atoms with E-state index in [-0.39, 0.29) is 40.4 Å². The van der Waals surface area contributed by atoms with Crippen LogP contribution < -0.4 is 15.4 Å². The Balaban J connectivity index is 0.000000160. The van der Waals surface area contributed by atoms with E-state index in [0.717, 1.165) is 63.6 Å². The molecule has 0 radical (unpaired) electrons. The lowest BCUT2D eigenvalue weighted by atomic mass is 9.72. The average molecular weight is 921 g/mol. The van der Waals surface area contributed by atoms with E-state index in [0.29, 0.717) is 80.3 Å². The summed E-state index contributed by atoms with van der Waals surface area (Å²) in [5.74, 6) is -0.153. The van der Waals surface area contributed by atoms with Gasteiger partial charge in [-0.3, -0.25) is 9.59 Å². The number of benzene rings is 1. The van der Waals surface area contributed by atoms with Crippen LogP contribution in [-0.4, -0.2) is 121 Å². The molecule has 6 aliphatic rings. The van der Waals surface area contributed by atoms with Gasteiger partial charge in [0.25, 0.3) is 11.8 Å². The molecule has 4 amide bonds. The minimum absolute atomic E-state index is 0.0811.